The van der Waals surface area contributed by atoms with Crippen molar-refractivity contribution in [3.63, 3.8) is 0 Å². The van der Waals surface area contributed by atoms with Crippen LogP contribution in [0.2, 0.25) is 0 Å². The van der Waals surface area contributed by atoms with Crippen molar-refractivity contribution in [3.05, 3.63) is 120 Å². The fourth-order valence-electron chi connectivity index (χ4n) is 6.15. The fraction of sp³-hybridized carbons (Fsp3) is 0.0625. The molecule has 6 aromatic carbocycles. The van der Waals surface area contributed by atoms with Gasteiger partial charge in [0.2, 0.25) is 6.71 Å². The first-order valence-electron chi connectivity index (χ1n) is 11.7. The molecule has 0 radical (unpaired) electrons. The third kappa shape index (κ3) is 2.54. The van der Waals surface area contributed by atoms with Gasteiger partial charge in [0.05, 0.1) is 0 Å². The van der Waals surface area contributed by atoms with Crippen molar-refractivity contribution in [2.75, 3.05) is 0 Å². The molecule has 1 aliphatic heterocycles. The van der Waals surface area contributed by atoms with Gasteiger partial charge in [0, 0.05) is 0 Å². The molecule has 0 spiro atoms. The first kappa shape index (κ1) is 18.7. The molecule has 1 heterocycles. The monoisotopic (exact) mass is 418 g/mol. The van der Waals surface area contributed by atoms with Gasteiger partial charge in [-0.3, -0.25) is 0 Å². The van der Waals surface area contributed by atoms with Gasteiger partial charge in [0.15, 0.2) is 0 Å². The highest BCUT2D eigenvalue weighted by molar-refractivity contribution is 6.98. The Morgan fingerprint density at radius 3 is 2.03 bits per heavy atom. The molecule has 154 valence electrons. The minimum Gasteiger partial charge on any atom is -0.0686 e. The topological polar surface area (TPSA) is 0 Å². The predicted octanol–water partition coefficient (Wildman–Crippen LogP) is 6.26. The van der Waals surface area contributed by atoms with Crippen molar-refractivity contribution in [1.29, 1.82) is 0 Å². The highest BCUT2D eigenvalue weighted by atomic mass is 14.2. The summed E-state index contributed by atoms with van der Waals surface area (Å²) < 4.78 is 0. The van der Waals surface area contributed by atoms with Crippen LogP contribution in [-0.4, -0.2) is 6.71 Å². The van der Waals surface area contributed by atoms with E-state index in [1.54, 1.807) is 0 Å². The van der Waals surface area contributed by atoms with Gasteiger partial charge in [-0.15, -0.1) is 0 Å². The van der Waals surface area contributed by atoms with Crippen LogP contribution in [-0.2, 0) is 0 Å². The lowest BCUT2D eigenvalue weighted by atomic mass is 9.36. The average Bonchev–Trinajstić information content (AvgIpc) is 2.97. The lowest BCUT2D eigenvalue weighted by Gasteiger charge is -2.20. The van der Waals surface area contributed by atoms with Crippen molar-refractivity contribution in [2.45, 2.75) is 13.8 Å². The Balaban J connectivity index is 1.79. The molecule has 6 aromatic rings. The zero-order valence-corrected chi connectivity index (χ0v) is 18.9. The normalized spacial score (nSPS) is 13.0. The Morgan fingerprint density at radius 1 is 0.515 bits per heavy atom. The van der Waals surface area contributed by atoms with Crippen LogP contribution in [0.25, 0.3) is 37.9 Å². The van der Waals surface area contributed by atoms with Crippen molar-refractivity contribution in [1.82, 2.24) is 0 Å². The summed E-state index contributed by atoms with van der Waals surface area (Å²) in [4.78, 5) is 0. The van der Waals surface area contributed by atoms with Gasteiger partial charge in [0.25, 0.3) is 0 Å². The van der Waals surface area contributed by atoms with Crippen LogP contribution in [0.5, 0.6) is 0 Å². The van der Waals surface area contributed by atoms with E-state index in [2.05, 4.69) is 117 Å². The lowest BCUT2D eigenvalue weighted by molar-refractivity contribution is 1.38. The maximum absolute atomic E-state index is 2.47. The van der Waals surface area contributed by atoms with E-state index >= 15 is 0 Å². The third-order valence-electron chi connectivity index (χ3n) is 7.41. The lowest BCUT2D eigenvalue weighted by Crippen LogP contribution is -2.52. The van der Waals surface area contributed by atoms with E-state index in [1.165, 1.54) is 71.0 Å². The van der Waals surface area contributed by atoms with E-state index in [-0.39, 0.29) is 6.71 Å². The summed E-state index contributed by atoms with van der Waals surface area (Å²) in [6.07, 6.45) is 0. The number of fused-ring (bicyclic) bond motifs is 1. The Bertz CT molecular complexity index is 1720. The van der Waals surface area contributed by atoms with Crippen LogP contribution in [0.3, 0.4) is 0 Å². The molecule has 33 heavy (non-hydrogen) atoms. The molecule has 1 heteroatoms. The van der Waals surface area contributed by atoms with Gasteiger partial charge in [-0.25, -0.2) is 0 Å². The molecular weight excluding hydrogens is 395 g/mol. The Labute approximate surface area is 194 Å². The molecule has 0 nitrogen and oxygen atoms in total. The van der Waals surface area contributed by atoms with Gasteiger partial charge in [-0.1, -0.05) is 125 Å². The van der Waals surface area contributed by atoms with Crippen molar-refractivity contribution >= 4 is 61.0 Å². The van der Waals surface area contributed by atoms with E-state index in [0.717, 1.165) is 0 Å². The number of rotatable bonds is 1. The molecule has 7 rings (SSSR count). The summed E-state index contributed by atoms with van der Waals surface area (Å²) in [5, 5.41) is 8.19. The Hall–Kier alpha value is -3.84. The zero-order valence-electron chi connectivity index (χ0n) is 18.9. The van der Waals surface area contributed by atoms with Crippen molar-refractivity contribution in [3.8, 4) is 0 Å². The third-order valence-corrected chi connectivity index (χ3v) is 7.41. The molecule has 0 aromatic heterocycles. The molecule has 0 atom stereocenters. The second-order valence-electron chi connectivity index (χ2n) is 9.50. The number of allylic oxidation sites excluding steroid dienone is 1. The van der Waals surface area contributed by atoms with Crippen LogP contribution in [0.15, 0.2) is 109 Å². The summed E-state index contributed by atoms with van der Waals surface area (Å²) >= 11 is 0. The highest BCUT2D eigenvalue weighted by Crippen LogP contribution is 2.40. The largest absolute Gasteiger partial charge is 0.242 e. The molecule has 0 N–H and O–H groups in total. The predicted molar refractivity (Wildman–Crippen MR) is 145 cm³/mol. The smallest absolute Gasteiger partial charge is 0.0686 e. The summed E-state index contributed by atoms with van der Waals surface area (Å²) in [5.41, 5.74) is 9.61. The molecule has 0 fully saturated rings. The molecule has 0 saturated carbocycles. The minimum absolute atomic E-state index is 0.187. The summed E-state index contributed by atoms with van der Waals surface area (Å²) in [6.45, 7) is 4.70. The average molecular weight is 418 g/mol. The molecule has 0 unspecified atom stereocenters. The van der Waals surface area contributed by atoms with Crippen molar-refractivity contribution < 1.29 is 0 Å². The van der Waals surface area contributed by atoms with Gasteiger partial charge in [-0.05, 0) is 62.9 Å². The van der Waals surface area contributed by atoms with Gasteiger partial charge in [-0.2, -0.15) is 0 Å². The van der Waals surface area contributed by atoms with E-state index in [9.17, 15) is 0 Å². The second-order valence-corrected chi connectivity index (χ2v) is 9.50. The fourth-order valence-corrected chi connectivity index (χ4v) is 6.15. The van der Waals surface area contributed by atoms with Crippen LogP contribution in [0.4, 0.5) is 0 Å². The standard InChI is InChI=1S/C32H23B/c1-20(2)29-25-13-6-7-14-27(25)33(24-11-4-3-5-12-24)28-19-23-10-8-9-21-15-16-22-17-18-26(29)32(28)31(22)30(21)23/h3-19H,1-2H3. The summed E-state index contributed by atoms with van der Waals surface area (Å²) in [6, 6.07) is 38.5. The maximum Gasteiger partial charge on any atom is 0.242 e. The first-order valence-corrected chi connectivity index (χ1v) is 11.7. The molecule has 0 bridgehead atoms. The molecule has 1 aliphatic rings. The molecule has 0 aliphatic carbocycles. The van der Waals surface area contributed by atoms with E-state index in [4.69, 9.17) is 0 Å². The Morgan fingerprint density at radius 2 is 1.21 bits per heavy atom. The van der Waals surface area contributed by atoms with Crippen LogP contribution < -0.4 is 16.4 Å². The molecular formula is C32H23B. The second kappa shape index (κ2) is 6.83. The SMILES string of the molecule is CC(C)=C1c2ccccc2B(c2ccccc2)c2cc3cccc4ccc5ccc1c2c5c43. The Kier molecular flexibility index (Phi) is 3.87. The highest BCUT2D eigenvalue weighted by Gasteiger charge is 2.32. The van der Waals surface area contributed by atoms with Crippen LogP contribution >= 0.6 is 0 Å². The van der Waals surface area contributed by atoms with Crippen LogP contribution in [0.1, 0.15) is 25.0 Å². The number of hydrogen-bond acceptors (Lipinski definition) is 0. The van der Waals surface area contributed by atoms with Crippen LogP contribution in [0, 0.1) is 0 Å². The zero-order chi connectivity index (χ0) is 22.1. The minimum atomic E-state index is 0.187. The molecule has 0 saturated heterocycles. The van der Waals surface area contributed by atoms with Gasteiger partial charge >= 0.3 is 0 Å². The quantitative estimate of drug-likeness (QED) is 0.218. The molecule has 0 amide bonds. The summed E-state index contributed by atoms with van der Waals surface area (Å²) in [5.74, 6) is 0. The van der Waals surface area contributed by atoms with Gasteiger partial charge in [0.1, 0.15) is 0 Å². The number of hydrogen-bond donors (Lipinski definition) is 0. The van der Waals surface area contributed by atoms with E-state index < -0.39 is 0 Å². The van der Waals surface area contributed by atoms with Crippen molar-refractivity contribution in [2.24, 2.45) is 0 Å². The van der Waals surface area contributed by atoms with E-state index in [0.29, 0.717) is 0 Å². The maximum atomic E-state index is 2.47. The first-order chi connectivity index (χ1) is 16.2. The van der Waals surface area contributed by atoms with Gasteiger partial charge < -0.3 is 0 Å². The number of benzene rings is 6. The van der Waals surface area contributed by atoms with E-state index in [1.807, 2.05) is 0 Å². The summed E-state index contributed by atoms with van der Waals surface area (Å²) in [7, 11) is 0.